The molecule has 0 saturated carbocycles. The molecule has 0 radical (unpaired) electrons. The maximum Gasteiger partial charge on any atom is 0.244 e. The molecule has 1 unspecified atom stereocenters. The second-order valence-electron chi connectivity index (χ2n) is 5.38. The minimum atomic E-state index is -0.800. The number of nitrogens with zero attached hydrogens (tertiary/aromatic N) is 2. The third-order valence-electron chi connectivity index (χ3n) is 4.01. The van der Waals surface area contributed by atoms with E-state index in [9.17, 15) is 14.4 Å². The molecule has 1 aromatic rings. The zero-order chi connectivity index (χ0) is 16.6. The SMILES string of the molecule is NC(=O)C1c2ccccc2CCN1C(=O)CN1C(=O)CSC1=S. The number of rotatable bonds is 3. The molecule has 1 atom stereocenters. The van der Waals surface area contributed by atoms with Gasteiger partial charge < -0.3 is 10.6 Å². The van der Waals surface area contributed by atoms with Crippen LogP contribution in [0.25, 0.3) is 0 Å². The highest BCUT2D eigenvalue weighted by Crippen LogP contribution is 2.30. The zero-order valence-electron chi connectivity index (χ0n) is 12.2. The number of nitrogens with two attached hydrogens (primary N) is 1. The molecule has 0 aromatic heterocycles. The van der Waals surface area contributed by atoms with Gasteiger partial charge in [0.25, 0.3) is 0 Å². The van der Waals surface area contributed by atoms with Crippen LogP contribution in [0.2, 0.25) is 0 Å². The summed E-state index contributed by atoms with van der Waals surface area (Å²) in [6, 6.07) is 6.66. The first kappa shape index (κ1) is 15.9. The molecule has 23 heavy (non-hydrogen) atoms. The van der Waals surface area contributed by atoms with E-state index in [0.29, 0.717) is 17.3 Å². The van der Waals surface area contributed by atoms with Crippen LogP contribution in [0, 0.1) is 0 Å². The molecule has 2 aliphatic rings. The van der Waals surface area contributed by atoms with E-state index in [1.807, 2.05) is 24.3 Å². The number of benzene rings is 1. The van der Waals surface area contributed by atoms with Crippen molar-refractivity contribution in [2.75, 3.05) is 18.8 Å². The Balaban J connectivity index is 1.84. The number of fused-ring (bicyclic) bond motifs is 1. The molecule has 120 valence electrons. The van der Waals surface area contributed by atoms with Gasteiger partial charge in [-0.3, -0.25) is 19.3 Å². The molecule has 2 aliphatic heterocycles. The highest BCUT2D eigenvalue weighted by atomic mass is 32.2. The van der Waals surface area contributed by atoms with Crippen LogP contribution in [0.15, 0.2) is 24.3 Å². The summed E-state index contributed by atoms with van der Waals surface area (Å²) in [6.07, 6.45) is 0.652. The summed E-state index contributed by atoms with van der Waals surface area (Å²) < 4.78 is 0.399. The number of hydrogen-bond donors (Lipinski definition) is 1. The van der Waals surface area contributed by atoms with Gasteiger partial charge in [0.2, 0.25) is 17.7 Å². The van der Waals surface area contributed by atoms with E-state index in [2.05, 4.69) is 0 Å². The Hall–Kier alpha value is -1.93. The monoisotopic (exact) mass is 349 g/mol. The fraction of sp³-hybridized carbons (Fsp3) is 0.333. The molecule has 0 spiro atoms. The van der Waals surface area contributed by atoms with E-state index >= 15 is 0 Å². The van der Waals surface area contributed by atoms with Crippen molar-refractivity contribution in [3.63, 3.8) is 0 Å². The van der Waals surface area contributed by atoms with Crippen molar-refractivity contribution in [3.05, 3.63) is 35.4 Å². The molecule has 3 amide bonds. The van der Waals surface area contributed by atoms with Gasteiger partial charge in [-0.25, -0.2) is 0 Å². The van der Waals surface area contributed by atoms with Crippen molar-refractivity contribution in [2.45, 2.75) is 12.5 Å². The fourth-order valence-corrected chi connectivity index (χ4v) is 3.97. The lowest BCUT2D eigenvalue weighted by molar-refractivity contribution is -0.142. The summed E-state index contributed by atoms with van der Waals surface area (Å²) in [4.78, 5) is 39.1. The molecule has 2 N–H and O–H groups in total. The van der Waals surface area contributed by atoms with Gasteiger partial charge in [0, 0.05) is 6.54 Å². The van der Waals surface area contributed by atoms with Crippen LogP contribution in [0.1, 0.15) is 17.2 Å². The normalized spacial score (nSPS) is 20.6. The molecule has 0 bridgehead atoms. The Morgan fingerprint density at radius 2 is 2.09 bits per heavy atom. The van der Waals surface area contributed by atoms with E-state index in [4.69, 9.17) is 18.0 Å². The largest absolute Gasteiger partial charge is 0.368 e. The third kappa shape index (κ3) is 2.96. The average Bonchev–Trinajstić information content (AvgIpc) is 2.85. The molecular formula is C15H15N3O3S2. The summed E-state index contributed by atoms with van der Waals surface area (Å²) in [5.41, 5.74) is 7.30. The summed E-state index contributed by atoms with van der Waals surface area (Å²) in [7, 11) is 0. The van der Waals surface area contributed by atoms with Crippen LogP contribution in [0.4, 0.5) is 0 Å². The fourth-order valence-electron chi connectivity index (χ4n) is 2.90. The standard InChI is InChI=1S/C15H15N3O3S2/c16-14(21)13-10-4-2-1-3-9(10)5-6-17(13)11(19)7-18-12(20)8-23-15(18)22/h1-4,13H,5-8H2,(H2,16,21). The van der Waals surface area contributed by atoms with Crippen LogP contribution in [-0.2, 0) is 20.8 Å². The minimum Gasteiger partial charge on any atom is -0.368 e. The Labute approximate surface area is 143 Å². The van der Waals surface area contributed by atoms with Gasteiger partial charge in [-0.1, -0.05) is 48.2 Å². The Bertz CT molecular complexity index is 691. The van der Waals surface area contributed by atoms with Crippen molar-refractivity contribution >= 4 is 46.0 Å². The Kier molecular flexibility index (Phi) is 4.36. The Morgan fingerprint density at radius 3 is 2.74 bits per heavy atom. The van der Waals surface area contributed by atoms with Gasteiger partial charge in [0.05, 0.1) is 5.75 Å². The molecule has 1 aromatic carbocycles. The quantitative estimate of drug-likeness (QED) is 0.802. The van der Waals surface area contributed by atoms with Gasteiger partial charge in [-0.05, 0) is 17.5 Å². The molecule has 8 heteroatoms. The number of hydrogen-bond acceptors (Lipinski definition) is 5. The van der Waals surface area contributed by atoms with Gasteiger partial charge in [0.1, 0.15) is 16.9 Å². The lowest BCUT2D eigenvalue weighted by atomic mass is 9.92. The first-order valence-electron chi connectivity index (χ1n) is 7.12. The average molecular weight is 349 g/mol. The van der Waals surface area contributed by atoms with Crippen LogP contribution in [0.5, 0.6) is 0 Å². The highest BCUT2D eigenvalue weighted by Gasteiger charge is 2.37. The van der Waals surface area contributed by atoms with E-state index < -0.39 is 11.9 Å². The molecule has 6 nitrogen and oxygen atoms in total. The molecule has 2 heterocycles. The van der Waals surface area contributed by atoms with Crippen molar-refractivity contribution in [1.82, 2.24) is 9.80 Å². The number of carbonyl (C=O) groups excluding carboxylic acids is 3. The summed E-state index contributed by atoms with van der Waals surface area (Å²) in [6.45, 7) is 0.252. The number of thiocarbonyl (C=S) groups is 1. The Morgan fingerprint density at radius 1 is 1.35 bits per heavy atom. The second kappa shape index (κ2) is 6.29. The third-order valence-corrected chi connectivity index (χ3v) is 5.44. The molecule has 1 fully saturated rings. The van der Waals surface area contributed by atoms with Gasteiger partial charge in [-0.2, -0.15) is 0 Å². The maximum atomic E-state index is 12.6. The molecule has 3 rings (SSSR count). The van der Waals surface area contributed by atoms with Crippen molar-refractivity contribution in [2.24, 2.45) is 5.73 Å². The highest BCUT2D eigenvalue weighted by molar-refractivity contribution is 8.23. The van der Waals surface area contributed by atoms with Crippen molar-refractivity contribution in [1.29, 1.82) is 0 Å². The molecule has 1 saturated heterocycles. The van der Waals surface area contributed by atoms with E-state index in [-0.39, 0.29) is 24.1 Å². The minimum absolute atomic E-state index is 0.142. The topological polar surface area (TPSA) is 83.7 Å². The van der Waals surface area contributed by atoms with E-state index in [0.717, 1.165) is 11.1 Å². The summed E-state index contributed by atoms with van der Waals surface area (Å²) in [5.74, 6) is -0.813. The lowest BCUT2D eigenvalue weighted by Crippen LogP contribution is -2.49. The van der Waals surface area contributed by atoms with Crippen molar-refractivity contribution in [3.8, 4) is 0 Å². The van der Waals surface area contributed by atoms with Gasteiger partial charge in [0.15, 0.2) is 0 Å². The van der Waals surface area contributed by atoms with Crippen LogP contribution >= 0.6 is 24.0 Å². The van der Waals surface area contributed by atoms with Crippen LogP contribution < -0.4 is 5.73 Å². The van der Waals surface area contributed by atoms with Gasteiger partial charge >= 0.3 is 0 Å². The molecular weight excluding hydrogens is 334 g/mol. The first-order valence-corrected chi connectivity index (χ1v) is 8.52. The number of thioether (sulfide) groups is 1. The second-order valence-corrected chi connectivity index (χ2v) is 6.98. The number of primary amides is 1. The maximum absolute atomic E-state index is 12.6. The van der Waals surface area contributed by atoms with E-state index in [1.54, 1.807) is 0 Å². The van der Waals surface area contributed by atoms with E-state index in [1.165, 1.54) is 21.6 Å². The smallest absolute Gasteiger partial charge is 0.244 e. The van der Waals surface area contributed by atoms with Crippen LogP contribution in [-0.4, -0.2) is 50.7 Å². The predicted octanol–water partition coefficient (Wildman–Crippen LogP) is 0.458. The predicted molar refractivity (Wildman–Crippen MR) is 90.6 cm³/mol. The number of carbonyl (C=O) groups is 3. The van der Waals surface area contributed by atoms with Crippen LogP contribution in [0.3, 0.4) is 0 Å². The van der Waals surface area contributed by atoms with Gasteiger partial charge in [-0.15, -0.1) is 0 Å². The first-order chi connectivity index (χ1) is 11.0. The summed E-state index contributed by atoms with van der Waals surface area (Å²) >= 11 is 6.33. The molecule has 0 aliphatic carbocycles. The zero-order valence-corrected chi connectivity index (χ0v) is 13.9. The lowest BCUT2D eigenvalue weighted by Gasteiger charge is -2.36. The summed E-state index contributed by atoms with van der Waals surface area (Å²) in [5, 5.41) is 0. The van der Waals surface area contributed by atoms with Crippen molar-refractivity contribution < 1.29 is 14.4 Å². The number of amides is 3.